The van der Waals surface area contributed by atoms with E-state index in [1.54, 1.807) is 0 Å². The Morgan fingerprint density at radius 1 is 0.442 bits per heavy atom. The van der Waals surface area contributed by atoms with E-state index in [1.807, 2.05) is 0 Å². The van der Waals surface area contributed by atoms with Crippen LogP contribution in [-0.4, -0.2) is 89.2 Å². The summed E-state index contributed by atoms with van der Waals surface area (Å²) in [7, 11) is 0. The Morgan fingerprint density at radius 2 is 0.818 bits per heavy atom. The van der Waals surface area contributed by atoms with Crippen LogP contribution < -0.4 is 0 Å². The molecule has 1 heterocycles. The molecule has 0 aromatic rings. The first-order chi connectivity index (χ1) is 37.6. The highest BCUT2D eigenvalue weighted by Gasteiger charge is 2.50. The summed E-state index contributed by atoms with van der Waals surface area (Å²) < 4.78 is 28.4. The topological polar surface area (TPSA) is 175 Å². The van der Waals surface area contributed by atoms with E-state index in [-0.39, 0.29) is 25.9 Å². The number of esters is 3. The number of carboxylic acid groups (broad SMARTS) is 1. The van der Waals surface area contributed by atoms with E-state index in [0.29, 0.717) is 19.3 Å². The van der Waals surface area contributed by atoms with Crippen molar-refractivity contribution < 1.29 is 58.2 Å². The Hall–Kier alpha value is -4.62. The number of aliphatic hydroxyl groups is 2. The second-order valence-electron chi connectivity index (χ2n) is 19.9. The van der Waals surface area contributed by atoms with Gasteiger partial charge in [0, 0.05) is 19.3 Å². The molecule has 0 aromatic carbocycles. The third kappa shape index (κ3) is 42.1. The van der Waals surface area contributed by atoms with Gasteiger partial charge in [0.1, 0.15) is 18.8 Å². The molecule has 77 heavy (non-hydrogen) atoms. The second kappa shape index (κ2) is 52.1. The fourth-order valence-electron chi connectivity index (χ4n) is 8.28. The Kier molecular flexibility index (Phi) is 47.6. The maximum absolute atomic E-state index is 13.1. The van der Waals surface area contributed by atoms with Gasteiger partial charge in [-0.3, -0.25) is 14.4 Å². The molecule has 0 saturated carbocycles. The molecule has 1 aliphatic heterocycles. The predicted molar refractivity (Wildman–Crippen MR) is 312 cm³/mol. The van der Waals surface area contributed by atoms with E-state index in [4.69, 9.17) is 23.7 Å². The van der Waals surface area contributed by atoms with Crippen LogP contribution in [0.1, 0.15) is 226 Å². The molecule has 3 N–H and O–H groups in total. The van der Waals surface area contributed by atoms with Crippen molar-refractivity contribution >= 4 is 23.9 Å². The minimum Gasteiger partial charge on any atom is -0.479 e. The third-order valence-electron chi connectivity index (χ3n) is 12.8. The summed E-state index contributed by atoms with van der Waals surface area (Å²) in [6.45, 7) is 5.68. The van der Waals surface area contributed by atoms with Gasteiger partial charge in [-0.25, -0.2) is 4.79 Å². The first kappa shape index (κ1) is 70.4. The standard InChI is InChI=1S/C65H104O12/c1-4-7-10-13-16-19-22-25-27-28-29-30-32-35-38-41-44-47-50-53-59(68)76-63-61(70)60(69)62(64(71)72)77-65(63)74-55-56(75-58(67)52-49-46-43-40-37-33-24-21-18-15-12-9-6-3)54-73-57(66)51-48-45-42-39-36-34-31-26-23-20-17-14-11-8-5-2/h8-9,11-12,16-21,25-27,29-31,33,37,56,60-63,65,69-70H,4-7,10,13-15,22-24,28,32,34-36,38-55H2,1-3H3,(H,71,72)/b11-8-,12-9-,19-16-,20-17-,21-18-,27-25-,30-29-,31-26-,37-33-. The molecule has 1 aliphatic rings. The van der Waals surface area contributed by atoms with E-state index in [1.165, 1.54) is 19.3 Å². The van der Waals surface area contributed by atoms with Crippen molar-refractivity contribution in [2.75, 3.05) is 13.2 Å². The number of carbonyl (C=O) groups excluding carboxylic acids is 3. The van der Waals surface area contributed by atoms with Gasteiger partial charge < -0.3 is 39.0 Å². The predicted octanol–water partition coefficient (Wildman–Crippen LogP) is 15.4. The first-order valence-electron chi connectivity index (χ1n) is 29.9. The van der Waals surface area contributed by atoms with Crippen molar-refractivity contribution in [1.29, 1.82) is 0 Å². The zero-order chi connectivity index (χ0) is 56.1. The van der Waals surface area contributed by atoms with Crippen molar-refractivity contribution in [3.05, 3.63) is 109 Å². The molecule has 1 fully saturated rings. The summed E-state index contributed by atoms with van der Waals surface area (Å²) in [5.41, 5.74) is 0. The summed E-state index contributed by atoms with van der Waals surface area (Å²) >= 11 is 0. The Labute approximate surface area is 465 Å². The van der Waals surface area contributed by atoms with E-state index in [2.05, 4.69) is 130 Å². The molecule has 12 nitrogen and oxygen atoms in total. The number of ether oxygens (including phenoxy) is 5. The maximum Gasteiger partial charge on any atom is 0.335 e. The van der Waals surface area contributed by atoms with Crippen molar-refractivity contribution in [2.24, 2.45) is 0 Å². The number of carbonyl (C=O) groups is 4. The number of unbranched alkanes of at least 4 members (excludes halogenated alkanes) is 17. The fraction of sp³-hybridized carbons (Fsp3) is 0.662. The molecule has 0 amide bonds. The highest BCUT2D eigenvalue weighted by atomic mass is 16.7. The number of rotatable bonds is 49. The van der Waals surface area contributed by atoms with Crippen LogP contribution in [0.3, 0.4) is 0 Å². The van der Waals surface area contributed by atoms with E-state index in [0.717, 1.165) is 148 Å². The van der Waals surface area contributed by atoms with Crippen LogP contribution in [0.15, 0.2) is 109 Å². The number of hydrogen-bond donors (Lipinski definition) is 3. The Morgan fingerprint density at radius 3 is 1.26 bits per heavy atom. The van der Waals surface area contributed by atoms with Crippen LogP contribution >= 0.6 is 0 Å². The zero-order valence-corrected chi connectivity index (χ0v) is 47.9. The normalized spacial score (nSPS) is 18.8. The van der Waals surface area contributed by atoms with Crippen molar-refractivity contribution in [1.82, 2.24) is 0 Å². The lowest BCUT2D eigenvalue weighted by molar-refractivity contribution is -0.301. The Bertz CT molecular complexity index is 1750. The summed E-state index contributed by atoms with van der Waals surface area (Å²) in [5, 5.41) is 31.5. The fourth-order valence-corrected chi connectivity index (χ4v) is 8.28. The molecule has 436 valence electrons. The largest absolute Gasteiger partial charge is 0.479 e. The van der Waals surface area contributed by atoms with Gasteiger partial charge in [0.05, 0.1) is 6.61 Å². The number of aliphatic carboxylic acids is 1. The SMILES string of the molecule is CC/C=C\C/C=C\C/C=C\CCCCCCCC(=O)OCC(COC1OC(C(=O)O)C(O)C(O)C1OC(=O)CCCCCCCC/C=C\C/C=C\C/C=C\CCCCC)OC(=O)CCCCC/C=C\C/C=C\C/C=C\CC. The molecule has 0 aromatic heterocycles. The van der Waals surface area contributed by atoms with Gasteiger partial charge in [-0.05, 0) is 122 Å². The number of allylic oxidation sites excluding steroid dienone is 18. The minimum absolute atomic E-state index is 0.0352. The van der Waals surface area contributed by atoms with Gasteiger partial charge in [-0.1, -0.05) is 194 Å². The Balaban J connectivity index is 2.71. The van der Waals surface area contributed by atoms with Gasteiger partial charge in [-0.15, -0.1) is 0 Å². The van der Waals surface area contributed by atoms with E-state index in [9.17, 15) is 34.5 Å². The molecule has 0 bridgehead atoms. The average molecular weight is 1080 g/mol. The van der Waals surface area contributed by atoms with Crippen LogP contribution in [0.4, 0.5) is 0 Å². The lowest BCUT2D eigenvalue weighted by atomic mass is 9.98. The molecular weight excluding hydrogens is 973 g/mol. The van der Waals surface area contributed by atoms with Gasteiger partial charge in [0.25, 0.3) is 0 Å². The van der Waals surface area contributed by atoms with Gasteiger partial charge in [0.2, 0.25) is 0 Å². The van der Waals surface area contributed by atoms with Crippen molar-refractivity contribution in [2.45, 2.75) is 263 Å². The molecule has 0 aliphatic carbocycles. The third-order valence-corrected chi connectivity index (χ3v) is 12.8. The second-order valence-corrected chi connectivity index (χ2v) is 19.9. The monoisotopic (exact) mass is 1080 g/mol. The van der Waals surface area contributed by atoms with Gasteiger partial charge in [-0.2, -0.15) is 0 Å². The lowest BCUT2D eigenvalue weighted by Gasteiger charge is -2.40. The van der Waals surface area contributed by atoms with Gasteiger partial charge in [0.15, 0.2) is 24.6 Å². The van der Waals surface area contributed by atoms with Crippen LogP contribution in [0.5, 0.6) is 0 Å². The van der Waals surface area contributed by atoms with Crippen molar-refractivity contribution in [3.8, 4) is 0 Å². The van der Waals surface area contributed by atoms with Gasteiger partial charge >= 0.3 is 23.9 Å². The summed E-state index contributed by atoms with van der Waals surface area (Å²) in [6.07, 6.45) is 57.7. The van der Waals surface area contributed by atoms with Crippen LogP contribution in [0.25, 0.3) is 0 Å². The highest BCUT2D eigenvalue weighted by molar-refractivity contribution is 5.74. The minimum atomic E-state index is -1.92. The van der Waals surface area contributed by atoms with E-state index < -0.39 is 67.3 Å². The highest BCUT2D eigenvalue weighted by Crippen LogP contribution is 2.26. The quantitative estimate of drug-likeness (QED) is 0.0228. The molecule has 1 rings (SSSR count). The molecule has 6 unspecified atom stereocenters. The molecule has 12 heteroatoms. The zero-order valence-electron chi connectivity index (χ0n) is 47.9. The van der Waals surface area contributed by atoms with Crippen LogP contribution in [0.2, 0.25) is 0 Å². The number of carboxylic acids is 1. The van der Waals surface area contributed by atoms with Crippen molar-refractivity contribution in [3.63, 3.8) is 0 Å². The molecule has 6 atom stereocenters. The first-order valence-corrected chi connectivity index (χ1v) is 29.9. The summed E-state index contributed by atoms with van der Waals surface area (Å²) in [5.74, 6) is -3.21. The molecular formula is C65H104O12. The molecule has 1 saturated heterocycles. The van der Waals surface area contributed by atoms with Crippen LogP contribution in [-0.2, 0) is 42.9 Å². The summed E-state index contributed by atoms with van der Waals surface area (Å²) in [6, 6.07) is 0. The molecule has 0 radical (unpaired) electrons. The number of hydrogen-bond acceptors (Lipinski definition) is 11. The maximum atomic E-state index is 13.1. The summed E-state index contributed by atoms with van der Waals surface area (Å²) in [4.78, 5) is 51.1. The average Bonchev–Trinajstić information content (AvgIpc) is 3.42. The number of aliphatic hydroxyl groups excluding tert-OH is 2. The lowest BCUT2D eigenvalue weighted by Crippen LogP contribution is -2.61. The van der Waals surface area contributed by atoms with E-state index >= 15 is 0 Å². The van der Waals surface area contributed by atoms with Crippen LogP contribution in [0, 0.1) is 0 Å². The smallest absolute Gasteiger partial charge is 0.335 e. The molecule has 0 spiro atoms.